The number of rotatable bonds is 5. The standard InChI is InChI=1S/C14H20FNO3/c15-11-1-3-14(4-2-11)19-10-13(18)9-16-7-5-12(17)6-8-16/h1-4,12-13,17-18H,5-10H2/t13-/m0/s1. The number of hydrogen-bond donors (Lipinski definition) is 2. The molecule has 1 atom stereocenters. The van der Waals surface area contributed by atoms with Crippen molar-refractivity contribution < 1.29 is 19.3 Å². The summed E-state index contributed by atoms with van der Waals surface area (Å²) in [5.74, 6) is 0.245. The molecule has 2 rings (SSSR count). The predicted molar refractivity (Wildman–Crippen MR) is 69.6 cm³/mol. The highest BCUT2D eigenvalue weighted by atomic mass is 19.1. The average molecular weight is 269 g/mol. The van der Waals surface area contributed by atoms with E-state index < -0.39 is 6.10 Å². The van der Waals surface area contributed by atoms with Gasteiger partial charge in [-0.15, -0.1) is 0 Å². The van der Waals surface area contributed by atoms with Gasteiger partial charge >= 0.3 is 0 Å². The van der Waals surface area contributed by atoms with Crippen molar-refractivity contribution in [3.8, 4) is 5.75 Å². The third-order valence-corrected chi connectivity index (χ3v) is 3.28. The van der Waals surface area contributed by atoms with Crippen LogP contribution in [0.5, 0.6) is 5.75 Å². The van der Waals surface area contributed by atoms with Crippen molar-refractivity contribution in [1.29, 1.82) is 0 Å². The second-order valence-electron chi connectivity index (χ2n) is 4.95. The molecule has 1 aliphatic heterocycles. The van der Waals surface area contributed by atoms with E-state index in [9.17, 15) is 14.6 Å². The summed E-state index contributed by atoms with van der Waals surface area (Å²) in [6.07, 6.45) is 0.723. The van der Waals surface area contributed by atoms with E-state index in [1.54, 1.807) is 12.1 Å². The highest BCUT2D eigenvalue weighted by molar-refractivity contribution is 5.22. The van der Waals surface area contributed by atoms with Crippen LogP contribution >= 0.6 is 0 Å². The fraction of sp³-hybridized carbons (Fsp3) is 0.571. The lowest BCUT2D eigenvalue weighted by molar-refractivity contribution is 0.0337. The van der Waals surface area contributed by atoms with Gasteiger partial charge in [0.05, 0.1) is 6.10 Å². The van der Waals surface area contributed by atoms with E-state index in [4.69, 9.17) is 4.74 Å². The zero-order valence-electron chi connectivity index (χ0n) is 10.8. The van der Waals surface area contributed by atoms with Crippen molar-refractivity contribution >= 4 is 0 Å². The van der Waals surface area contributed by atoms with Gasteiger partial charge in [0.25, 0.3) is 0 Å². The summed E-state index contributed by atoms with van der Waals surface area (Å²) in [5, 5.41) is 19.3. The molecule has 1 aromatic carbocycles. The van der Waals surface area contributed by atoms with E-state index in [0.717, 1.165) is 25.9 Å². The fourth-order valence-electron chi connectivity index (χ4n) is 2.18. The summed E-state index contributed by atoms with van der Waals surface area (Å²) in [4.78, 5) is 2.12. The number of hydrogen-bond acceptors (Lipinski definition) is 4. The smallest absolute Gasteiger partial charge is 0.123 e. The second-order valence-corrected chi connectivity index (χ2v) is 4.95. The molecular weight excluding hydrogens is 249 g/mol. The van der Waals surface area contributed by atoms with Crippen LogP contribution in [0.1, 0.15) is 12.8 Å². The molecule has 2 N–H and O–H groups in total. The Morgan fingerprint density at radius 2 is 1.89 bits per heavy atom. The van der Waals surface area contributed by atoms with Crippen LogP contribution in [-0.2, 0) is 0 Å². The van der Waals surface area contributed by atoms with Crippen LogP contribution in [0.15, 0.2) is 24.3 Å². The molecule has 5 heteroatoms. The van der Waals surface area contributed by atoms with Crippen LogP contribution < -0.4 is 4.74 Å². The number of ether oxygens (including phenoxy) is 1. The SMILES string of the molecule is OC1CCN(C[C@H](O)COc2ccc(F)cc2)CC1. The van der Waals surface area contributed by atoms with Gasteiger partial charge in [-0.2, -0.15) is 0 Å². The molecule has 0 bridgehead atoms. The van der Waals surface area contributed by atoms with E-state index >= 15 is 0 Å². The summed E-state index contributed by atoms with van der Waals surface area (Å²) in [6.45, 7) is 2.32. The van der Waals surface area contributed by atoms with E-state index in [0.29, 0.717) is 12.3 Å². The monoisotopic (exact) mass is 269 g/mol. The molecule has 1 saturated heterocycles. The van der Waals surface area contributed by atoms with Crippen LogP contribution in [0, 0.1) is 5.82 Å². The number of benzene rings is 1. The zero-order chi connectivity index (χ0) is 13.7. The molecule has 1 fully saturated rings. The maximum absolute atomic E-state index is 12.7. The molecular formula is C14H20FNO3. The quantitative estimate of drug-likeness (QED) is 0.838. The molecule has 0 amide bonds. The summed E-state index contributed by atoms with van der Waals surface area (Å²) >= 11 is 0. The topological polar surface area (TPSA) is 52.9 Å². The minimum Gasteiger partial charge on any atom is -0.491 e. The number of aliphatic hydroxyl groups is 2. The first-order chi connectivity index (χ1) is 9.13. The van der Waals surface area contributed by atoms with E-state index in [2.05, 4.69) is 4.90 Å². The van der Waals surface area contributed by atoms with Crippen LogP contribution in [0.4, 0.5) is 4.39 Å². The largest absolute Gasteiger partial charge is 0.491 e. The van der Waals surface area contributed by atoms with Crippen LogP contribution in [0.2, 0.25) is 0 Å². The number of β-amino-alcohol motifs (C(OH)–C–C–N with tert-alkyl or cyclic N) is 1. The first kappa shape index (κ1) is 14.2. The van der Waals surface area contributed by atoms with Gasteiger partial charge in [0.15, 0.2) is 0 Å². The summed E-state index contributed by atoms with van der Waals surface area (Å²) < 4.78 is 18.1. The average Bonchev–Trinajstić information content (AvgIpc) is 2.41. The van der Waals surface area contributed by atoms with Gasteiger partial charge in [-0.3, -0.25) is 0 Å². The van der Waals surface area contributed by atoms with Gasteiger partial charge in [-0.1, -0.05) is 0 Å². The zero-order valence-corrected chi connectivity index (χ0v) is 10.8. The Bertz CT molecular complexity index is 377. The Labute approximate surface area is 112 Å². The molecule has 4 nitrogen and oxygen atoms in total. The van der Waals surface area contributed by atoms with E-state index in [1.165, 1.54) is 12.1 Å². The van der Waals surface area contributed by atoms with Crippen molar-refractivity contribution in [2.75, 3.05) is 26.2 Å². The first-order valence-corrected chi connectivity index (χ1v) is 6.60. The molecule has 19 heavy (non-hydrogen) atoms. The minimum atomic E-state index is -0.583. The second kappa shape index (κ2) is 6.84. The molecule has 1 aromatic rings. The van der Waals surface area contributed by atoms with Crippen LogP contribution in [0.3, 0.4) is 0 Å². The van der Waals surface area contributed by atoms with Crippen molar-refractivity contribution in [3.63, 3.8) is 0 Å². The number of halogens is 1. The maximum Gasteiger partial charge on any atom is 0.123 e. The number of aliphatic hydroxyl groups excluding tert-OH is 2. The molecule has 0 aliphatic carbocycles. The third-order valence-electron chi connectivity index (χ3n) is 3.28. The van der Waals surface area contributed by atoms with Crippen molar-refractivity contribution in [3.05, 3.63) is 30.1 Å². The molecule has 1 heterocycles. The maximum atomic E-state index is 12.7. The summed E-state index contributed by atoms with van der Waals surface area (Å²) in [7, 11) is 0. The lowest BCUT2D eigenvalue weighted by Crippen LogP contribution is -2.41. The van der Waals surface area contributed by atoms with Gasteiger partial charge in [-0.05, 0) is 37.1 Å². The van der Waals surface area contributed by atoms with Crippen molar-refractivity contribution in [2.45, 2.75) is 25.0 Å². The van der Waals surface area contributed by atoms with Gasteiger partial charge in [0, 0.05) is 19.6 Å². The first-order valence-electron chi connectivity index (χ1n) is 6.60. The number of likely N-dealkylation sites (tertiary alicyclic amines) is 1. The van der Waals surface area contributed by atoms with Crippen LogP contribution in [0.25, 0.3) is 0 Å². The molecule has 1 aliphatic rings. The van der Waals surface area contributed by atoms with Crippen molar-refractivity contribution in [1.82, 2.24) is 4.90 Å². The highest BCUT2D eigenvalue weighted by Gasteiger charge is 2.19. The van der Waals surface area contributed by atoms with E-state index in [-0.39, 0.29) is 18.5 Å². The Kier molecular flexibility index (Phi) is 5.13. The van der Waals surface area contributed by atoms with Crippen LogP contribution in [-0.4, -0.2) is 53.6 Å². The number of piperidine rings is 1. The molecule has 0 unspecified atom stereocenters. The minimum absolute atomic E-state index is 0.185. The Balaban J connectivity index is 1.69. The van der Waals surface area contributed by atoms with Gasteiger partial charge in [0.2, 0.25) is 0 Å². The molecule has 106 valence electrons. The van der Waals surface area contributed by atoms with Gasteiger partial charge in [-0.25, -0.2) is 4.39 Å². The van der Waals surface area contributed by atoms with E-state index in [1.807, 2.05) is 0 Å². The van der Waals surface area contributed by atoms with Gasteiger partial charge < -0.3 is 19.8 Å². The Hall–Kier alpha value is -1.17. The lowest BCUT2D eigenvalue weighted by Gasteiger charge is -2.30. The Morgan fingerprint density at radius 3 is 2.53 bits per heavy atom. The third kappa shape index (κ3) is 4.78. The molecule has 0 aromatic heterocycles. The summed E-state index contributed by atoms with van der Waals surface area (Å²) in [6, 6.07) is 5.74. The fourth-order valence-corrected chi connectivity index (χ4v) is 2.18. The molecule has 0 radical (unpaired) electrons. The normalized spacial score (nSPS) is 19.3. The Morgan fingerprint density at radius 1 is 1.26 bits per heavy atom. The molecule has 0 saturated carbocycles. The summed E-state index contributed by atoms with van der Waals surface area (Å²) in [5.41, 5.74) is 0. The lowest BCUT2D eigenvalue weighted by atomic mass is 10.1. The van der Waals surface area contributed by atoms with Crippen molar-refractivity contribution in [2.24, 2.45) is 0 Å². The number of nitrogens with zero attached hydrogens (tertiary/aromatic N) is 1. The predicted octanol–water partition coefficient (Wildman–Crippen LogP) is 1.02. The molecule has 0 spiro atoms. The highest BCUT2D eigenvalue weighted by Crippen LogP contribution is 2.13. The van der Waals surface area contributed by atoms with Gasteiger partial charge in [0.1, 0.15) is 24.3 Å².